The summed E-state index contributed by atoms with van der Waals surface area (Å²) in [5.41, 5.74) is 1.28. The first-order valence-electron chi connectivity index (χ1n) is 5.75. The van der Waals surface area contributed by atoms with Crippen LogP contribution in [-0.2, 0) is 6.42 Å². The molecular weight excluding hydrogens is 315 g/mol. The van der Waals surface area contributed by atoms with Crippen molar-refractivity contribution in [3.63, 3.8) is 0 Å². The number of aryl methyl sites for hydroxylation is 1. The fourth-order valence-electron chi connectivity index (χ4n) is 1.66. The summed E-state index contributed by atoms with van der Waals surface area (Å²) in [7, 11) is 1.93. The molecule has 5 heteroatoms. The first-order valence-corrected chi connectivity index (χ1v) is 7.42. The number of nitrogens with one attached hydrogen (secondary N) is 1. The highest BCUT2D eigenvalue weighted by Gasteiger charge is 2.09. The summed E-state index contributed by atoms with van der Waals surface area (Å²) in [4.78, 5) is 4.48. The monoisotopic (exact) mass is 328 g/mol. The van der Waals surface area contributed by atoms with Crippen molar-refractivity contribution in [2.75, 3.05) is 13.6 Å². The lowest BCUT2D eigenvalue weighted by Crippen LogP contribution is -2.08. The van der Waals surface area contributed by atoms with Gasteiger partial charge in [0.2, 0.25) is 0 Å². The minimum absolute atomic E-state index is 0.231. The molecule has 2 rings (SSSR count). The number of aromatic nitrogens is 1. The molecule has 0 bridgehead atoms. The Labute approximate surface area is 118 Å². The van der Waals surface area contributed by atoms with Gasteiger partial charge in [0, 0.05) is 21.8 Å². The van der Waals surface area contributed by atoms with Gasteiger partial charge in [-0.1, -0.05) is 15.9 Å². The molecule has 1 aromatic heterocycles. The maximum atomic E-state index is 13.7. The summed E-state index contributed by atoms with van der Waals surface area (Å²) in [5, 5.41) is 6.08. The third-order valence-corrected chi connectivity index (χ3v) is 3.98. The topological polar surface area (TPSA) is 24.9 Å². The Balaban J connectivity index is 2.16. The van der Waals surface area contributed by atoms with Crippen molar-refractivity contribution in [1.29, 1.82) is 0 Å². The molecule has 1 aromatic carbocycles. The molecule has 1 N–H and O–H groups in total. The second-order valence-corrected chi connectivity index (χ2v) is 5.82. The lowest BCUT2D eigenvalue weighted by molar-refractivity contribution is 0.630. The van der Waals surface area contributed by atoms with E-state index in [1.165, 1.54) is 6.07 Å². The van der Waals surface area contributed by atoms with Gasteiger partial charge in [-0.25, -0.2) is 9.37 Å². The lowest BCUT2D eigenvalue weighted by Gasteiger charge is -2.00. The van der Waals surface area contributed by atoms with Gasteiger partial charge in [0.1, 0.15) is 5.82 Å². The van der Waals surface area contributed by atoms with Crippen molar-refractivity contribution in [3.05, 3.63) is 38.9 Å². The van der Waals surface area contributed by atoms with E-state index in [0.717, 1.165) is 34.6 Å². The maximum absolute atomic E-state index is 13.7. The molecule has 2 nitrogen and oxygen atoms in total. The van der Waals surface area contributed by atoms with Crippen LogP contribution in [0.25, 0.3) is 11.3 Å². The third-order valence-electron chi connectivity index (χ3n) is 2.57. The highest BCUT2D eigenvalue weighted by molar-refractivity contribution is 9.10. The second kappa shape index (κ2) is 6.41. The van der Waals surface area contributed by atoms with Gasteiger partial charge in [0.05, 0.1) is 10.7 Å². The van der Waals surface area contributed by atoms with Gasteiger partial charge in [0.15, 0.2) is 0 Å². The minimum atomic E-state index is -0.231. The number of benzene rings is 1. The highest BCUT2D eigenvalue weighted by Crippen LogP contribution is 2.27. The van der Waals surface area contributed by atoms with E-state index < -0.39 is 0 Å². The van der Waals surface area contributed by atoms with Crippen LogP contribution in [-0.4, -0.2) is 18.6 Å². The number of hydrogen-bond acceptors (Lipinski definition) is 3. The summed E-state index contributed by atoms with van der Waals surface area (Å²) in [6, 6.07) is 4.92. The summed E-state index contributed by atoms with van der Waals surface area (Å²) in [6.45, 7) is 0.972. The van der Waals surface area contributed by atoms with E-state index in [1.807, 2.05) is 12.4 Å². The van der Waals surface area contributed by atoms with Gasteiger partial charge >= 0.3 is 0 Å². The molecule has 0 radical (unpaired) electrons. The third kappa shape index (κ3) is 3.37. The summed E-state index contributed by atoms with van der Waals surface area (Å²) >= 11 is 4.94. The van der Waals surface area contributed by atoms with E-state index in [4.69, 9.17) is 0 Å². The van der Waals surface area contributed by atoms with Crippen molar-refractivity contribution < 1.29 is 4.39 Å². The molecular formula is C13H14BrFN2S. The van der Waals surface area contributed by atoms with Crippen LogP contribution in [0.4, 0.5) is 4.39 Å². The van der Waals surface area contributed by atoms with E-state index >= 15 is 0 Å². The molecule has 0 spiro atoms. The number of hydrogen-bond donors (Lipinski definition) is 1. The van der Waals surface area contributed by atoms with E-state index in [0.29, 0.717) is 5.56 Å². The van der Waals surface area contributed by atoms with Crippen molar-refractivity contribution in [2.24, 2.45) is 0 Å². The van der Waals surface area contributed by atoms with Crippen LogP contribution >= 0.6 is 27.3 Å². The van der Waals surface area contributed by atoms with Crippen LogP contribution in [0.2, 0.25) is 0 Å². The van der Waals surface area contributed by atoms with Crippen LogP contribution in [0.3, 0.4) is 0 Å². The van der Waals surface area contributed by atoms with E-state index in [1.54, 1.807) is 23.5 Å². The summed E-state index contributed by atoms with van der Waals surface area (Å²) in [5.74, 6) is -0.231. The Kier molecular flexibility index (Phi) is 4.86. The molecule has 0 aliphatic rings. The molecule has 0 aliphatic heterocycles. The Bertz CT molecular complexity index is 527. The SMILES string of the molecule is CNCCCc1nc(-c2cc(Br)ccc2F)cs1. The molecule has 1 heterocycles. The lowest BCUT2D eigenvalue weighted by atomic mass is 10.1. The Morgan fingerprint density at radius 1 is 1.44 bits per heavy atom. The van der Waals surface area contributed by atoms with Gasteiger partial charge in [-0.15, -0.1) is 11.3 Å². The molecule has 18 heavy (non-hydrogen) atoms. The van der Waals surface area contributed by atoms with E-state index in [2.05, 4.69) is 26.2 Å². The molecule has 0 atom stereocenters. The maximum Gasteiger partial charge on any atom is 0.132 e. The largest absolute Gasteiger partial charge is 0.320 e. The molecule has 0 fully saturated rings. The van der Waals surface area contributed by atoms with Gasteiger partial charge in [-0.2, -0.15) is 0 Å². The van der Waals surface area contributed by atoms with E-state index in [-0.39, 0.29) is 5.82 Å². The van der Waals surface area contributed by atoms with Crippen molar-refractivity contribution >= 4 is 27.3 Å². The fourth-order valence-corrected chi connectivity index (χ4v) is 2.86. The zero-order valence-electron chi connectivity index (χ0n) is 10.0. The molecule has 2 aromatic rings. The molecule has 0 amide bonds. The normalized spacial score (nSPS) is 10.8. The molecule has 0 aliphatic carbocycles. The van der Waals surface area contributed by atoms with Gasteiger partial charge in [-0.3, -0.25) is 0 Å². The summed E-state index contributed by atoms with van der Waals surface area (Å²) in [6.07, 6.45) is 1.98. The highest BCUT2D eigenvalue weighted by atomic mass is 79.9. The Hall–Kier alpha value is -0.780. The summed E-state index contributed by atoms with van der Waals surface area (Å²) < 4.78 is 14.6. The molecule has 96 valence electrons. The number of thiazole rings is 1. The smallest absolute Gasteiger partial charge is 0.132 e. The van der Waals surface area contributed by atoms with Gasteiger partial charge in [0.25, 0.3) is 0 Å². The zero-order valence-corrected chi connectivity index (χ0v) is 12.4. The second-order valence-electron chi connectivity index (χ2n) is 3.96. The zero-order chi connectivity index (χ0) is 13.0. The number of nitrogens with zero attached hydrogens (tertiary/aromatic N) is 1. The van der Waals surface area contributed by atoms with Crippen molar-refractivity contribution in [2.45, 2.75) is 12.8 Å². The first kappa shape index (κ1) is 13.6. The first-order chi connectivity index (χ1) is 8.70. The molecule has 0 saturated heterocycles. The average Bonchev–Trinajstić information content (AvgIpc) is 2.81. The van der Waals surface area contributed by atoms with Crippen LogP contribution in [0.5, 0.6) is 0 Å². The van der Waals surface area contributed by atoms with Crippen LogP contribution < -0.4 is 5.32 Å². The van der Waals surface area contributed by atoms with Crippen LogP contribution in [0.15, 0.2) is 28.1 Å². The predicted octanol–water partition coefficient (Wildman–Crippen LogP) is 3.86. The minimum Gasteiger partial charge on any atom is -0.320 e. The quantitative estimate of drug-likeness (QED) is 0.843. The van der Waals surface area contributed by atoms with Crippen molar-refractivity contribution in [1.82, 2.24) is 10.3 Å². The predicted molar refractivity (Wildman–Crippen MR) is 77.5 cm³/mol. The van der Waals surface area contributed by atoms with Crippen molar-refractivity contribution in [3.8, 4) is 11.3 Å². The Morgan fingerprint density at radius 2 is 2.28 bits per heavy atom. The number of halogens is 2. The fraction of sp³-hybridized carbons (Fsp3) is 0.308. The van der Waals surface area contributed by atoms with Crippen LogP contribution in [0.1, 0.15) is 11.4 Å². The van der Waals surface area contributed by atoms with E-state index in [9.17, 15) is 4.39 Å². The number of rotatable bonds is 5. The van der Waals surface area contributed by atoms with Crippen LogP contribution in [0, 0.1) is 5.82 Å². The van der Waals surface area contributed by atoms with Gasteiger partial charge in [-0.05, 0) is 38.2 Å². The average molecular weight is 329 g/mol. The van der Waals surface area contributed by atoms with Gasteiger partial charge < -0.3 is 5.32 Å². The molecule has 0 saturated carbocycles. The Morgan fingerprint density at radius 3 is 3.06 bits per heavy atom. The standard InChI is InChI=1S/C13H14BrFN2S/c1-16-6-2-3-13-17-12(8-18-13)10-7-9(14)4-5-11(10)15/h4-5,7-8,16H,2-3,6H2,1H3. The molecule has 0 unspecified atom stereocenters.